The van der Waals surface area contributed by atoms with E-state index >= 15 is 0 Å². The summed E-state index contributed by atoms with van der Waals surface area (Å²) in [6.45, 7) is 13.1. The number of hydrogen-bond acceptors (Lipinski definition) is 4. The molecule has 2 aromatic rings. The molecule has 0 heterocycles. The van der Waals surface area contributed by atoms with Crippen molar-refractivity contribution in [1.82, 2.24) is 0 Å². The van der Waals surface area contributed by atoms with Crippen molar-refractivity contribution in [3.63, 3.8) is 0 Å². The second kappa shape index (κ2) is 10.3. The van der Waals surface area contributed by atoms with Gasteiger partial charge in [-0.25, -0.2) is 0 Å². The number of aryl methyl sites for hydroxylation is 4. The monoisotopic (exact) mass is 436 g/mol. The number of hydrogen-bond donors (Lipinski definition) is 0. The second-order valence-corrected chi connectivity index (χ2v) is 9.24. The highest BCUT2D eigenvalue weighted by Crippen LogP contribution is 2.49. The van der Waals surface area contributed by atoms with Gasteiger partial charge in [-0.3, -0.25) is 9.59 Å². The van der Waals surface area contributed by atoms with Crippen LogP contribution in [0.2, 0.25) is 0 Å². The quantitative estimate of drug-likeness (QED) is 0.526. The van der Waals surface area contributed by atoms with Gasteiger partial charge in [0.15, 0.2) is 0 Å². The van der Waals surface area contributed by atoms with E-state index in [0.29, 0.717) is 25.0 Å². The van der Waals surface area contributed by atoms with Crippen molar-refractivity contribution in [1.29, 1.82) is 0 Å². The number of carbonyl (C=O) groups is 2. The number of carbonyl (C=O) groups excluding carboxylic acids is 2. The van der Waals surface area contributed by atoms with Gasteiger partial charge in [0.25, 0.3) is 0 Å². The summed E-state index contributed by atoms with van der Waals surface area (Å²) in [6.07, 6.45) is 1.89. The summed E-state index contributed by atoms with van der Waals surface area (Å²) >= 11 is 0. The van der Waals surface area contributed by atoms with E-state index in [4.69, 9.17) is 9.47 Å². The van der Waals surface area contributed by atoms with E-state index in [1.807, 2.05) is 13.8 Å². The Morgan fingerprint density at radius 2 is 0.969 bits per heavy atom. The van der Waals surface area contributed by atoms with Crippen LogP contribution in [0.5, 0.6) is 0 Å². The van der Waals surface area contributed by atoms with E-state index in [1.165, 1.54) is 33.4 Å². The molecule has 4 nitrogen and oxygen atoms in total. The van der Waals surface area contributed by atoms with Crippen molar-refractivity contribution in [3.05, 3.63) is 69.8 Å². The maximum absolute atomic E-state index is 11.5. The Hall–Kier alpha value is -2.62. The molecule has 2 saturated carbocycles. The van der Waals surface area contributed by atoms with Crippen molar-refractivity contribution in [2.45, 2.75) is 66.2 Å². The van der Waals surface area contributed by atoms with Crippen LogP contribution in [-0.2, 0) is 19.1 Å². The van der Waals surface area contributed by atoms with Crippen LogP contribution in [0.1, 0.15) is 71.9 Å². The molecular weight excluding hydrogens is 400 g/mol. The number of ether oxygens (including phenoxy) is 2. The fourth-order valence-electron chi connectivity index (χ4n) is 4.59. The minimum absolute atomic E-state index is 0.0355. The van der Waals surface area contributed by atoms with Crippen LogP contribution in [0.25, 0.3) is 0 Å². The standard InChI is InChI=1S/2C14H18O2/c2*1-4-16-14(15)13-8-12(13)11-6-9(2)5-10(3)7-11/h2*5-7,12-13H,4,8H2,1-3H3. The Balaban J connectivity index is 0.000000181. The fraction of sp³-hybridized carbons (Fsp3) is 0.500. The lowest BCUT2D eigenvalue weighted by Gasteiger charge is -2.04. The van der Waals surface area contributed by atoms with Crippen molar-refractivity contribution in [3.8, 4) is 0 Å². The van der Waals surface area contributed by atoms with E-state index in [9.17, 15) is 9.59 Å². The van der Waals surface area contributed by atoms with E-state index in [2.05, 4.69) is 64.1 Å². The van der Waals surface area contributed by atoms with Crippen molar-refractivity contribution >= 4 is 11.9 Å². The first kappa shape index (κ1) is 24.0. The Kier molecular flexibility index (Phi) is 7.76. The third-order valence-corrected chi connectivity index (χ3v) is 6.10. The SMILES string of the molecule is CCOC(=O)C1CC1c1cc(C)cc(C)c1.CCOC(=O)C1CC1c1cc(C)cc(C)c1. The smallest absolute Gasteiger partial charge is 0.309 e. The first-order chi connectivity index (χ1) is 15.2. The average molecular weight is 437 g/mol. The van der Waals surface area contributed by atoms with Gasteiger partial charge in [-0.2, -0.15) is 0 Å². The molecule has 4 atom stereocenters. The van der Waals surface area contributed by atoms with Crippen molar-refractivity contribution in [2.75, 3.05) is 13.2 Å². The third kappa shape index (κ3) is 6.21. The average Bonchev–Trinajstić information content (AvgIpc) is 3.61. The molecule has 2 aliphatic rings. The molecule has 0 N–H and O–H groups in total. The zero-order chi connectivity index (χ0) is 23.4. The summed E-state index contributed by atoms with van der Waals surface area (Å²) in [5.41, 5.74) is 7.65. The van der Waals surface area contributed by atoms with Crippen LogP contribution < -0.4 is 0 Å². The molecule has 2 aromatic carbocycles. The third-order valence-electron chi connectivity index (χ3n) is 6.10. The van der Waals surface area contributed by atoms with Gasteiger partial charge in [0.05, 0.1) is 25.0 Å². The summed E-state index contributed by atoms with van der Waals surface area (Å²) in [6, 6.07) is 13.0. The molecule has 0 bridgehead atoms. The van der Waals surface area contributed by atoms with Gasteiger partial charge in [0.1, 0.15) is 0 Å². The first-order valence-electron chi connectivity index (χ1n) is 11.7. The van der Waals surface area contributed by atoms with Gasteiger partial charge >= 0.3 is 11.9 Å². The zero-order valence-corrected chi connectivity index (χ0v) is 20.2. The summed E-state index contributed by atoms with van der Waals surface area (Å²) in [5.74, 6) is 0.899. The van der Waals surface area contributed by atoms with Crippen LogP contribution in [0.4, 0.5) is 0 Å². The second-order valence-electron chi connectivity index (χ2n) is 9.24. The molecule has 0 aliphatic heterocycles. The number of benzene rings is 2. The first-order valence-corrected chi connectivity index (χ1v) is 11.7. The molecule has 0 spiro atoms. The maximum atomic E-state index is 11.5. The predicted molar refractivity (Wildman–Crippen MR) is 127 cm³/mol. The van der Waals surface area contributed by atoms with E-state index in [1.54, 1.807) is 0 Å². The lowest BCUT2D eigenvalue weighted by molar-refractivity contribution is -0.145. The highest BCUT2D eigenvalue weighted by atomic mass is 16.5. The van der Waals surface area contributed by atoms with Gasteiger partial charge in [-0.1, -0.05) is 58.7 Å². The molecule has 4 rings (SSSR count). The molecule has 2 aliphatic carbocycles. The van der Waals surface area contributed by atoms with Crippen molar-refractivity contribution < 1.29 is 19.1 Å². The van der Waals surface area contributed by atoms with E-state index in [0.717, 1.165) is 12.8 Å². The van der Waals surface area contributed by atoms with E-state index < -0.39 is 0 Å². The molecule has 0 saturated heterocycles. The van der Waals surface area contributed by atoms with Gasteiger partial charge in [0.2, 0.25) is 0 Å². The maximum Gasteiger partial charge on any atom is 0.309 e. The normalized spacial score (nSPS) is 22.9. The molecule has 4 unspecified atom stereocenters. The summed E-state index contributed by atoms with van der Waals surface area (Å²) in [5, 5.41) is 0. The van der Waals surface area contributed by atoms with E-state index in [-0.39, 0.29) is 23.8 Å². The van der Waals surface area contributed by atoms with Gasteiger partial charge in [0, 0.05) is 0 Å². The number of rotatable bonds is 6. The Labute approximate surface area is 192 Å². The lowest BCUT2D eigenvalue weighted by atomic mass is 10.0. The van der Waals surface area contributed by atoms with Gasteiger partial charge in [-0.15, -0.1) is 0 Å². The Morgan fingerprint density at radius 1 is 0.656 bits per heavy atom. The molecule has 4 heteroatoms. The largest absolute Gasteiger partial charge is 0.466 e. The molecule has 0 radical (unpaired) electrons. The molecular formula is C28H36O4. The minimum atomic E-state index is -0.0355. The molecule has 0 amide bonds. The summed E-state index contributed by atoms with van der Waals surface area (Å²) in [7, 11) is 0. The highest BCUT2D eigenvalue weighted by Gasteiger charge is 2.45. The van der Waals surface area contributed by atoms with Crippen LogP contribution in [0.15, 0.2) is 36.4 Å². The summed E-state index contributed by atoms with van der Waals surface area (Å²) in [4.78, 5) is 23.1. The van der Waals surface area contributed by atoms with Crippen LogP contribution in [0, 0.1) is 39.5 Å². The summed E-state index contributed by atoms with van der Waals surface area (Å²) < 4.78 is 10.1. The fourth-order valence-corrected chi connectivity index (χ4v) is 4.59. The molecule has 2 fully saturated rings. The van der Waals surface area contributed by atoms with Crippen LogP contribution in [0.3, 0.4) is 0 Å². The topological polar surface area (TPSA) is 52.6 Å². The van der Waals surface area contributed by atoms with Gasteiger partial charge < -0.3 is 9.47 Å². The lowest BCUT2D eigenvalue weighted by Crippen LogP contribution is -2.07. The number of esters is 2. The Morgan fingerprint density at radius 3 is 1.25 bits per heavy atom. The van der Waals surface area contributed by atoms with Crippen LogP contribution >= 0.6 is 0 Å². The molecule has 32 heavy (non-hydrogen) atoms. The van der Waals surface area contributed by atoms with Crippen LogP contribution in [-0.4, -0.2) is 25.2 Å². The highest BCUT2D eigenvalue weighted by molar-refractivity contribution is 5.78. The Bertz CT molecular complexity index is 857. The molecule has 0 aromatic heterocycles. The molecule has 172 valence electrons. The zero-order valence-electron chi connectivity index (χ0n) is 20.2. The van der Waals surface area contributed by atoms with Crippen molar-refractivity contribution in [2.24, 2.45) is 11.8 Å². The predicted octanol–water partition coefficient (Wildman–Crippen LogP) is 5.94. The minimum Gasteiger partial charge on any atom is -0.466 e. The van der Waals surface area contributed by atoms with Gasteiger partial charge in [-0.05, 0) is 77.3 Å².